The summed E-state index contributed by atoms with van der Waals surface area (Å²) in [5, 5.41) is 0. The molecule has 0 aliphatic carbocycles. The maximum atomic E-state index is 13.0. The predicted molar refractivity (Wildman–Crippen MR) is 53.7 cm³/mol. The van der Waals surface area contributed by atoms with E-state index < -0.39 is 11.6 Å². The van der Waals surface area contributed by atoms with Crippen LogP contribution in [0.2, 0.25) is 0 Å². The van der Waals surface area contributed by atoms with E-state index in [2.05, 4.69) is 0 Å². The molecule has 3 atom stereocenters. The summed E-state index contributed by atoms with van der Waals surface area (Å²) in [6, 6.07) is 4.08. The molecule has 15 heavy (non-hydrogen) atoms. The minimum absolute atomic E-state index is 0.204. The van der Waals surface area contributed by atoms with Crippen LogP contribution in [0.3, 0.4) is 0 Å². The Kier molecular flexibility index (Phi) is 2.74. The van der Waals surface area contributed by atoms with Crippen molar-refractivity contribution in [3.63, 3.8) is 0 Å². The molecule has 0 saturated carbocycles. The van der Waals surface area contributed by atoms with Crippen molar-refractivity contribution in [3.05, 3.63) is 35.4 Å². The van der Waals surface area contributed by atoms with Crippen LogP contribution in [0.1, 0.15) is 31.7 Å². The lowest BCUT2D eigenvalue weighted by atomic mass is 9.95. The van der Waals surface area contributed by atoms with Crippen molar-refractivity contribution in [2.24, 2.45) is 0 Å². The highest BCUT2D eigenvalue weighted by atomic mass is 19.2. The molecule has 1 nitrogen and oxygen atoms in total. The van der Waals surface area contributed by atoms with Gasteiger partial charge < -0.3 is 4.74 Å². The highest BCUT2D eigenvalue weighted by molar-refractivity contribution is 5.21. The Morgan fingerprint density at radius 2 is 2.00 bits per heavy atom. The monoisotopic (exact) mass is 212 g/mol. The maximum Gasteiger partial charge on any atom is 0.159 e. The van der Waals surface area contributed by atoms with Crippen LogP contribution in [0, 0.1) is 11.6 Å². The summed E-state index contributed by atoms with van der Waals surface area (Å²) in [5.74, 6) is -1.36. The van der Waals surface area contributed by atoms with Crippen LogP contribution in [-0.2, 0) is 4.74 Å². The average Bonchev–Trinajstić information content (AvgIpc) is 2.86. The zero-order valence-electron chi connectivity index (χ0n) is 8.84. The van der Waals surface area contributed by atoms with Gasteiger partial charge in [-0.2, -0.15) is 0 Å². The minimum atomic E-state index is -0.790. The van der Waals surface area contributed by atoms with Gasteiger partial charge in [0, 0.05) is 0 Å². The second-order valence-electron chi connectivity index (χ2n) is 4.19. The first kappa shape index (κ1) is 10.6. The van der Waals surface area contributed by atoms with E-state index in [1.165, 1.54) is 12.1 Å². The normalized spacial score (nSPS) is 26.4. The third-order valence-electron chi connectivity index (χ3n) is 2.93. The Morgan fingerprint density at radius 1 is 1.33 bits per heavy atom. The smallest absolute Gasteiger partial charge is 0.159 e. The third-order valence-corrected chi connectivity index (χ3v) is 2.93. The van der Waals surface area contributed by atoms with Crippen molar-refractivity contribution in [2.75, 3.05) is 0 Å². The zero-order valence-corrected chi connectivity index (χ0v) is 8.84. The van der Waals surface area contributed by atoms with Gasteiger partial charge in [0.2, 0.25) is 0 Å². The molecule has 0 aromatic heterocycles. The van der Waals surface area contributed by atoms with Crippen molar-refractivity contribution in [1.29, 1.82) is 0 Å². The van der Waals surface area contributed by atoms with Gasteiger partial charge >= 0.3 is 0 Å². The molecule has 82 valence electrons. The Morgan fingerprint density at radius 3 is 2.53 bits per heavy atom. The Bertz CT molecular complexity index is 365. The van der Waals surface area contributed by atoms with Gasteiger partial charge in [-0.1, -0.05) is 13.0 Å². The van der Waals surface area contributed by atoms with E-state index >= 15 is 0 Å². The second-order valence-corrected chi connectivity index (χ2v) is 4.19. The standard InChI is InChI=1S/C12H14F2O/c1-7(5-12-8(2)15-12)9-3-4-10(13)11(14)6-9/h3-4,6-8,12H,5H2,1-2H3. The second kappa shape index (κ2) is 3.89. The molecule has 1 saturated heterocycles. The topological polar surface area (TPSA) is 12.5 Å². The van der Waals surface area contributed by atoms with Gasteiger partial charge in [0.05, 0.1) is 12.2 Å². The first-order chi connectivity index (χ1) is 7.08. The van der Waals surface area contributed by atoms with Crippen LogP contribution in [0.15, 0.2) is 18.2 Å². The van der Waals surface area contributed by atoms with Crippen LogP contribution >= 0.6 is 0 Å². The molecule has 1 aliphatic rings. The van der Waals surface area contributed by atoms with E-state index in [1.807, 2.05) is 13.8 Å². The summed E-state index contributed by atoms with van der Waals surface area (Å²) in [5.41, 5.74) is 0.830. The molecule has 0 amide bonds. The number of ether oxygens (including phenoxy) is 1. The fraction of sp³-hybridized carbons (Fsp3) is 0.500. The summed E-state index contributed by atoms with van der Waals surface area (Å²) in [4.78, 5) is 0. The number of benzene rings is 1. The first-order valence-corrected chi connectivity index (χ1v) is 5.18. The lowest BCUT2D eigenvalue weighted by Gasteiger charge is -2.10. The number of rotatable bonds is 3. The molecule has 3 unspecified atom stereocenters. The fourth-order valence-electron chi connectivity index (χ4n) is 1.78. The number of halogens is 2. The summed E-state index contributed by atoms with van der Waals surface area (Å²) in [6.07, 6.45) is 1.47. The predicted octanol–water partition coefficient (Wildman–Crippen LogP) is 3.25. The summed E-state index contributed by atoms with van der Waals surface area (Å²) < 4.78 is 31.0. The molecule has 1 aliphatic heterocycles. The van der Waals surface area contributed by atoms with Gasteiger partial charge in [-0.05, 0) is 37.0 Å². The summed E-state index contributed by atoms with van der Waals surface area (Å²) in [7, 11) is 0. The first-order valence-electron chi connectivity index (χ1n) is 5.18. The van der Waals surface area contributed by atoms with Gasteiger partial charge in [0.1, 0.15) is 0 Å². The van der Waals surface area contributed by atoms with Gasteiger partial charge in [-0.3, -0.25) is 0 Å². The fourth-order valence-corrected chi connectivity index (χ4v) is 1.78. The SMILES string of the molecule is CC(CC1OC1C)c1ccc(F)c(F)c1. The number of epoxide rings is 1. The quantitative estimate of drug-likeness (QED) is 0.701. The highest BCUT2D eigenvalue weighted by Crippen LogP contribution is 2.32. The van der Waals surface area contributed by atoms with Crippen LogP contribution in [-0.4, -0.2) is 12.2 Å². The van der Waals surface area contributed by atoms with Crippen molar-refractivity contribution in [1.82, 2.24) is 0 Å². The maximum absolute atomic E-state index is 13.0. The molecular weight excluding hydrogens is 198 g/mol. The summed E-state index contributed by atoms with van der Waals surface area (Å²) in [6.45, 7) is 4.02. The Labute approximate surface area is 88.1 Å². The van der Waals surface area contributed by atoms with Gasteiger partial charge in [-0.15, -0.1) is 0 Å². The molecule has 1 fully saturated rings. The molecule has 1 aromatic carbocycles. The highest BCUT2D eigenvalue weighted by Gasteiger charge is 2.35. The van der Waals surface area contributed by atoms with Gasteiger partial charge in [0.25, 0.3) is 0 Å². The van der Waals surface area contributed by atoms with Crippen molar-refractivity contribution in [2.45, 2.75) is 38.4 Å². The lowest BCUT2D eigenvalue weighted by molar-refractivity contribution is 0.362. The van der Waals surface area contributed by atoms with E-state index in [1.54, 1.807) is 6.07 Å². The molecule has 0 bridgehead atoms. The van der Waals surface area contributed by atoms with Gasteiger partial charge in [0.15, 0.2) is 11.6 Å². The van der Waals surface area contributed by atoms with E-state index in [0.717, 1.165) is 12.0 Å². The largest absolute Gasteiger partial charge is 0.370 e. The number of hydrogen-bond acceptors (Lipinski definition) is 1. The molecule has 3 heteroatoms. The molecular formula is C12H14F2O. The summed E-state index contributed by atoms with van der Waals surface area (Å²) >= 11 is 0. The molecule has 2 rings (SSSR count). The molecule has 0 spiro atoms. The van der Waals surface area contributed by atoms with Crippen LogP contribution in [0.4, 0.5) is 8.78 Å². The molecule has 1 heterocycles. The molecule has 1 aromatic rings. The van der Waals surface area contributed by atoms with Crippen molar-refractivity contribution in [3.8, 4) is 0 Å². The molecule has 0 N–H and O–H groups in total. The van der Waals surface area contributed by atoms with E-state index in [9.17, 15) is 8.78 Å². The van der Waals surface area contributed by atoms with E-state index in [0.29, 0.717) is 6.10 Å². The van der Waals surface area contributed by atoms with E-state index in [-0.39, 0.29) is 12.0 Å². The zero-order chi connectivity index (χ0) is 11.0. The Balaban J connectivity index is 2.04. The van der Waals surface area contributed by atoms with Crippen molar-refractivity contribution < 1.29 is 13.5 Å². The van der Waals surface area contributed by atoms with Crippen LogP contribution in [0.25, 0.3) is 0 Å². The Hall–Kier alpha value is -0.960. The van der Waals surface area contributed by atoms with Gasteiger partial charge in [-0.25, -0.2) is 8.78 Å². The van der Waals surface area contributed by atoms with E-state index in [4.69, 9.17) is 4.74 Å². The minimum Gasteiger partial charge on any atom is -0.370 e. The number of hydrogen-bond donors (Lipinski definition) is 0. The average molecular weight is 212 g/mol. The lowest BCUT2D eigenvalue weighted by Crippen LogP contribution is -2.01. The van der Waals surface area contributed by atoms with Crippen LogP contribution < -0.4 is 0 Å². The third kappa shape index (κ3) is 2.34. The van der Waals surface area contributed by atoms with Crippen molar-refractivity contribution >= 4 is 0 Å². The molecule has 0 radical (unpaired) electrons. The van der Waals surface area contributed by atoms with Crippen LogP contribution in [0.5, 0.6) is 0 Å².